The molecule has 0 bridgehead atoms. The molecule has 9 nitrogen and oxygen atoms in total. The third-order valence-electron chi connectivity index (χ3n) is 6.90. The van der Waals surface area contributed by atoms with Crippen molar-refractivity contribution < 1.29 is 18.0 Å². The Kier molecular flexibility index (Phi) is 9.27. The first-order chi connectivity index (χ1) is 18.2. The maximum absolute atomic E-state index is 13.4. The fraction of sp³-hybridized carbons (Fsp3) is 0.444. The summed E-state index contributed by atoms with van der Waals surface area (Å²) in [6.07, 6.45) is 6.07. The van der Waals surface area contributed by atoms with Gasteiger partial charge in [-0.2, -0.15) is 4.40 Å². The first-order valence-electron chi connectivity index (χ1n) is 12.9. The maximum atomic E-state index is 13.4. The number of amides is 3. The zero-order valence-corrected chi connectivity index (χ0v) is 23.0. The van der Waals surface area contributed by atoms with E-state index in [2.05, 4.69) is 25.2 Å². The molecule has 1 atom stereocenters. The first-order valence-corrected chi connectivity index (χ1v) is 15.1. The maximum Gasteiger partial charge on any atom is 0.320 e. The molecule has 3 N–H and O–H groups in total. The van der Waals surface area contributed by atoms with Crippen LogP contribution in [0.5, 0.6) is 0 Å². The van der Waals surface area contributed by atoms with Gasteiger partial charge in [0.1, 0.15) is 11.9 Å². The Balaban J connectivity index is 1.39. The monoisotopic (exact) mass is 559 g/mol. The lowest BCUT2D eigenvalue weighted by Crippen LogP contribution is -2.47. The normalized spacial score (nSPS) is 21.0. The molecule has 0 aromatic heterocycles. The molecule has 4 rings (SSSR count). The Morgan fingerprint density at radius 3 is 2.21 bits per heavy atom. The van der Waals surface area contributed by atoms with E-state index in [0.717, 1.165) is 45.0 Å². The van der Waals surface area contributed by atoms with Gasteiger partial charge in [-0.3, -0.25) is 4.79 Å². The summed E-state index contributed by atoms with van der Waals surface area (Å²) < 4.78 is 28.0. The molecule has 11 heteroatoms. The lowest BCUT2D eigenvalue weighted by Gasteiger charge is -2.34. The van der Waals surface area contributed by atoms with Crippen molar-refractivity contribution in [3.05, 3.63) is 65.2 Å². The number of benzene rings is 2. The number of carbonyl (C=O) groups excluding carboxylic acids is 2. The Bertz CT molecular complexity index is 1240. The van der Waals surface area contributed by atoms with E-state index in [9.17, 15) is 18.0 Å². The Morgan fingerprint density at radius 2 is 1.61 bits per heavy atom. The SMILES string of the molecule is CS(=O)(=O)N=C(C1CCC(NC(=O)C(NC(=O)Nc2ccc(Cl)cc2)c2ccccc2)CC1)N1CCCC1. The van der Waals surface area contributed by atoms with Crippen LogP contribution >= 0.6 is 11.6 Å². The molecule has 38 heavy (non-hydrogen) atoms. The van der Waals surface area contributed by atoms with Crippen molar-refractivity contribution in [3.8, 4) is 0 Å². The van der Waals surface area contributed by atoms with Crippen LogP contribution in [-0.2, 0) is 14.8 Å². The molecule has 2 aromatic rings. The summed E-state index contributed by atoms with van der Waals surface area (Å²) in [5.41, 5.74) is 1.23. The number of sulfonamides is 1. The number of anilines is 1. The second kappa shape index (κ2) is 12.6. The molecule has 3 amide bonds. The molecule has 1 saturated heterocycles. The average Bonchev–Trinajstić information content (AvgIpc) is 3.43. The highest BCUT2D eigenvalue weighted by molar-refractivity contribution is 7.89. The lowest BCUT2D eigenvalue weighted by molar-refractivity contribution is -0.124. The van der Waals surface area contributed by atoms with Gasteiger partial charge in [-0.25, -0.2) is 13.2 Å². The predicted molar refractivity (Wildman–Crippen MR) is 150 cm³/mol. The van der Waals surface area contributed by atoms with Crippen LogP contribution in [0, 0.1) is 5.92 Å². The fourth-order valence-corrected chi connectivity index (χ4v) is 5.79. The second-order valence-electron chi connectivity index (χ2n) is 9.88. The average molecular weight is 560 g/mol. The van der Waals surface area contributed by atoms with Crippen LogP contribution < -0.4 is 16.0 Å². The van der Waals surface area contributed by atoms with Crippen LogP contribution in [0.15, 0.2) is 59.0 Å². The molecule has 0 spiro atoms. The summed E-state index contributed by atoms with van der Waals surface area (Å²) in [6.45, 7) is 1.65. The van der Waals surface area contributed by atoms with Gasteiger partial charge in [-0.1, -0.05) is 41.9 Å². The van der Waals surface area contributed by atoms with E-state index in [0.29, 0.717) is 35.0 Å². The number of nitrogens with zero attached hydrogens (tertiary/aromatic N) is 2. The van der Waals surface area contributed by atoms with E-state index < -0.39 is 22.1 Å². The molecule has 2 aromatic carbocycles. The zero-order chi connectivity index (χ0) is 27.1. The van der Waals surface area contributed by atoms with Gasteiger partial charge in [0.05, 0.1) is 6.26 Å². The van der Waals surface area contributed by atoms with E-state index in [1.807, 2.05) is 18.2 Å². The number of rotatable bonds is 7. The van der Waals surface area contributed by atoms with Crippen molar-refractivity contribution in [2.24, 2.45) is 10.3 Å². The molecule has 204 valence electrons. The quantitative estimate of drug-likeness (QED) is 0.344. The Morgan fingerprint density at radius 1 is 0.974 bits per heavy atom. The van der Waals surface area contributed by atoms with Gasteiger partial charge >= 0.3 is 6.03 Å². The standard InChI is InChI=1S/C27H34ClN5O4S/c1-38(36,37)32-25(33-17-5-6-18-33)20-9-13-22(14-10-20)29-26(34)24(19-7-3-2-4-8-19)31-27(35)30-23-15-11-21(28)12-16-23/h2-4,7-8,11-12,15-16,20,22,24H,5-6,9-10,13-14,17-18H2,1H3,(H,29,34)(H2,30,31,35). The van der Waals surface area contributed by atoms with Gasteiger partial charge in [0, 0.05) is 35.8 Å². The van der Waals surface area contributed by atoms with E-state index >= 15 is 0 Å². The van der Waals surface area contributed by atoms with E-state index in [4.69, 9.17) is 11.6 Å². The molecule has 2 aliphatic rings. The van der Waals surface area contributed by atoms with Crippen LogP contribution in [0.3, 0.4) is 0 Å². The number of hydrogen-bond donors (Lipinski definition) is 3. The van der Waals surface area contributed by atoms with Crippen LogP contribution in [0.2, 0.25) is 5.02 Å². The van der Waals surface area contributed by atoms with Gasteiger partial charge in [0.2, 0.25) is 5.91 Å². The van der Waals surface area contributed by atoms with Crippen molar-refractivity contribution in [2.45, 2.75) is 50.6 Å². The van der Waals surface area contributed by atoms with Crippen LogP contribution in [0.4, 0.5) is 10.5 Å². The van der Waals surface area contributed by atoms with Gasteiger partial charge in [0.25, 0.3) is 10.0 Å². The number of hydrogen-bond acceptors (Lipinski definition) is 4. The lowest BCUT2D eigenvalue weighted by atomic mass is 9.84. The number of urea groups is 1. The number of nitrogens with one attached hydrogen (secondary N) is 3. The number of likely N-dealkylation sites (tertiary alicyclic amines) is 1. The molecular formula is C27H34ClN5O4S. The Hall–Kier alpha value is -3.11. The smallest absolute Gasteiger partial charge is 0.320 e. The van der Waals surface area contributed by atoms with Gasteiger partial charge in [-0.05, 0) is 68.4 Å². The first kappa shape index (κ1) is 27.9. The highest BCUT2D eigenvalue weighted by Gasteiger charge is 2.32. The minimum absolute atomic E-state index is 0.0455. The van der Waals surface area contributed by atoms with Crippen molar-refractivity contribution >= 4 is 45.1 Å². The number of carbonyl (C=O) groups is 2. The topological polar surface area (TPSA) is 120 Å². The summed E-state index contributed by atoms with van der Waals surface area (Å²) in [7, 11) is -3.50. The zero-order valence-electron chi connectivity index (χ0n) is 21.4. The second-order valence-corrected chi connectivity index (χ2v) is 12.0. The molecular weight excluding hydrogens is 526 g/mol. The van der Waals surface area contributed by atoms with Gasteiger partial charge in [-0.15, -0.1) is 0 Å². The molecule has 2 fully saturated rings. The molecule has 1 saturated carbocycles. The largest absolute Gasteiger partial charge is 0.359 e. The van der Waals surface area contributed by atoms with Crippen molar-refractivity contribution in [1.82, 2.24) is 15.5 Å². The van der Waals surface area contributed by atoms with Crippen LogP contribution in [-0.4, -0.2) is 56.5 Å². The van der Waals surface area contributed by atoms with Crippen molar-refractivity contribution in [1.29, 1.82) is 0 Å². The van der Waals surface area contributed by atoms with Gasteiger partial charge in [0.15, 0.2) is 0 Å². The minimum atomic E-state index is -3.50. The van der Waals surface area contributed by atoms with Crippen molar-refractivity contribution in [2.75, 3.05) is 24.7 Å². The molecule has 1 aliphatic carbocycles. The fourth-order valence-electron chi connectivity index (χ4n) is 5.06. The molecule has 1 aliphatic heterocycles. The minimum Gasteiger partial charge on any atom is -0.359 e. The van der Waals surface area contributed by atoms with Gasteiger partial charge < -0.3 is 20.9 Å². The summed E-state index contributed by atoms with van der Waals surface area (Å²) >= 11 is 5.92. The Labute approximate surface area is 229 Å². The van der Waals surface area contributed by atoms with E-state index in [1.54, 1.807) is 36.4 Å². The highest BCUT2D eigenvalue weighted by atomic mass is 35.5. The summed E-state index contributed by atoms with van der Waals surface area (Å²) in [5, 5.41) is 9.18. The molecule has 1 heterocycles. The third-order valence-corrected chi connectivity index (χ3v) is 7.67. The van der Waals surface area contributed by atoms with E-state index in [-0.39, 0.29) is 17.9 Å². The van der Waals surface area contributed by atoms with E-state index in [1.165, 1.54) is 0 Å². The number of amidine groups is 1. The van der Waals surface area contributed by atoms with Crippen molar-refractivity contribution in [3.63, 3.8) is 0 Å². The summed E-state index contributed by atoms with van der Waals surface area (Å²) in [4.78, 5) is 28.2. The molecule has 1 unspecified atom stereocenters. The predicted octanol–water partition coefficient (Wildman–Crippen LogP) is 4.33. The molecule has 0 radical (unpaired) electrons. The third kappa shape index (κ3) is 7.94. The summed E-state index contributed by atoms with van der Waals surface area (Å²) in [6, 6.07) is 14.3. The highest BCUT2D eigenvalue weighted by Crippen LogP contribution is 2.29. The van der Waals surface area contributed by atoms with Crippen LogP contribution in [0.25, 0.3) is 0 Å². The van der Waals surface area contributed by atoms with Crippen LogP contribution in [0.1, 0.15) is 50.1 Å². The number of halogens is 1. The summed E-state index contributed by atoms with van der Waals surface area (Å²) in [5.74, 6) is 0.414.